The van der Waals surface area contributed by atoms with E-state index in [9.17, 15) is 4.79 Å². The van der Waals surface area contributed by atoms with Crippen molar-refractivity contribution in [1.82, 2.24) is 5.32 Å². The molecule has 0 fully saturated rings. The maximum atomic E-state index is 9.83. The van der Waals surface area contributed by atoms with E-state index in [0.29, 0.717) is 0 Å². The molecule has 0 saturated carbocycles. The molecule has 0 spiro atoms. The van der Waals surface area contributed by atoms with Gasteiger partial charge in [0, 0.05) is 6.54 Å². The Bertz CT molecular complexity index is 114. The molecule has 0 atom stereocenters. The van der Waals surface area contributed by atoms with E-state index in [1.54, 1.807) is 0 Å². The average Bonchev–Trinajstić information content (AvgIpc) is 1.63. The molecule has 54 valence electrons. The van der Waals surface area contributed by atoms with Gasteiger partial charge in [-0.15, -0.1) is 0 Å². The summed E-state index contributed by atoms with van der Waals surface area (Å²) in [5.41, 5.74) is 4.86. The van der Waals surface area contributed by atoms with Gasteiger partial charge in [-0.1, -0.05) is 0 Å². The Morgan fingerprint density at radius 1 is 1.70 bits per heavy atom. The molecule has 0 rings (SSSR count). The SMILES string of the molecule is N=C(N)NCCC(=O)O.[NaH]. The summed E-state index contributed by atoms with van der Waals surface area (Å²) in [6, 6.07) is 0. The van der Waals surface area contributed by atoms with Gasteiger partial charge in [-0.3, -0.25) is 10.2 Å². The number of rotatable bonds is 3. The molecule has 0 saturated heterocycles. The van der Waals surface area contributed by atoms with E-state index in [4.69, 9.17) is 16.2 Å². The van der Waals surface area contributed by atoms with Crippen molar-refractivity contribution in [3.05, 3.63) is 0 Å². The molecule has 0 radical (unpaired) electrons. The first kappa shape index (κ1) is 12.4. The second kappa shape index (κ2) is 6.85. The van der Waals surface area contributed by atoms with Crippen LogP contribution in [0.4, 0.5) is 0 Å². The Hall–Kier alpha value is -0.260. The summed E-state index contributed by atoms with van der Waals surface area (Å²) in [5, 5.41) is 17.0. The molecule has 0 aliphatic heterocycles. The molecule has 5 N–H and O–H groups in total. The van der Waals surface area contributed by atoms with Crippen LogP contribution in [0.15, 0.2) is 0 Å². The molecular weight excluding hydrogens is 145 g/mol. The monoisotopic (exact) mass is 155 g/mol. The van der Waals surface area contributed by atoms with Crippen molar-refractivity contribution >= 4 is 41.5 Å². The van der Waals surface area contributed by atoms with Crippen molar-refractivity contribution in [2.24, 2.45) is 5.73 Å². The van der Waals surface area contributed by atoms with Crippen molar-refractivity contribution in [1.29, 1.82) is 5.41 Å². The van der Waals surface area contributed by atoms with Gasteiger partial charge in [-0.05, 0) is 0 Å². The number of aliphatic carboxylic acids is 1. The van der Waals surface area contributed by atoms with Crippen LogP contribution in [0.2, 0.25) is 0 Å². The predicted octanol–water partition coefficient (Wildman–Crippen LogP) is -1.70. The molecule has 10 heavy (non-hydrogen) atoms. The van der Waals surface area contributed by atoms with Crippen LogP contribution in [0, 0.1) is 5.41 Å². The first-order chi connectivity index (χ1) is 4.13. The average molecular weight is 155 g/mol. The molecule has 0 amide bonds. The van der Waals surface area contributed by atoms with Crippen LogP contribution in [-0.4, -0.2) is 53.1 Å². The molecule has 0 aliphatic carbocycles. The third-order valence-electron chi connectivity index (χ3n) is 0.654. The summed E-state index contributed by atoms with van der Waals surface area (Å²) in [7, 11) is 0. The summed E-state index contributed by atoms with van der Waals surface area (Å²) in [6.45, 7) is 0.213. The van der Waals surface area contributed by atoms with Crippen LogP contribution in [0.5, 0.6) is 0 Å². The molecule has 0 aromatic rings. The Kier molecular flexibility index (Phi) is 8.51. The zero-order chi connectivity index (χ0) is 7.28. The summed E-state index contributed by atoms with van der Waals surface area (Å²) in [5.74, 6) is -1.10. The maximum absolute atomic E-state index is 9.83. The summed E-state index contributed by atoms with van der Waals surface area (Å²) < 4.78 is 0. The van der Waals surface area contributed by atoms with E-state index in [0.717, 1.165) is 0 Å². The normalized spacial score (nSPS) is 7.60. The van der Waals surface area contributed by atoms with Gasteiger partial charge in [0.2, 0.25) is 0 Å². The first-order valence-electron chi connectivity index (χ1n) is 2.42. The quantitative estimate of drug-likeness (QED) is 0.221. The van der Waals surface area contributed by atoms with E-state index >= 15 is 0 Å². The van der Waals surface area contributed by atoms with Crippen LogP contribution in [0.1, 0.15) is 6.42 Å². The van der Waals surface area contributed by atoms with Gasteiger partial charge < -0.3 is 16.2 Å². The molecule has 0 aromatic heterocycles. The van der Waals surface area contributed by atoms with Crippen LogP contribution >= 0.6 is 0 Å². The third kappa shape index (κ3) is 10.7. The number of nitrogens with two attached hydrogens (primary N) is 1. The summed E-state index contributed by atoms with van der Waals surface area (Å²) in [6.07, 6.45) is -0.0143. The zero-order valence-corrected chi connectivity index (χ0v) is 4.85. The molecule has 0 aliphatic rings. The van der Waals surface area contributed by atoms with Gasteiger partial charge in [0.1, 0.15) is 0 Å². The molecule has 6 heteroatoms. The standard InChI is InChI=1S/C4H9N3O2.Na.H/c5-4(6)7-2-1-3(8)9;;/h1-2H2,(H,8,9)(H4,5,6,7);;. The minimum absolute atomic E-state index is 0. The summed E-state index contributed by atoms with van der Waals surface area (Å²) in [4.78, 5) is 9.83. The Labute approximate surface area is 80.8 Å². The van der Waals surface area contributed by atoms with E-state index < -0.39 is 5.97 Å². The second-order valence-electron chi connectivity index (χ2n) is 1.48. The fourth-order valence-electron chi connectivity index (χ4n) is 0.304. The van der Waals surface area contributed by atoms with Crippen LogP contribution in [0.25, 0.3) is 0 Å². The fourth-order valence-corrected chi connectivity index (χ4v) is 0.304. The number of carboxylic acids is 1. The van der Waals surface area contributed by atoms with Gasteiger partial charge >= 0.3 is 35.5 Å². The van der Waals surface area contributed by atoms with Crippen molar-refractivity contribution in [3.63, 3.8) is 0 Å². The van der Waals surface area contributed by atoms with Gasteiger partial charge in [0.25, 0.3) is 0 Å². The number of hydrogen-bond donors (Lipinski definition) is 4. The summed E-state index contributed by atoms with van der Waals surface area (Å²) >= 11 is 0. The van der Waals surface area contributed by atoms with E-state index in [-0.39, 0.29) is 48.5 Å². The van der Waals surface area contributed by atoms with Gasteiger partial charge in [-0.2, -0.15) is 0 Å². The van der Waals surface area contributed by atoms with Crippen LogP contribution in [0.3, 0.4) is 0 Å². The second-order valence-corrected chi connectivity index (χ2v) is 1.48. The topological polar surface area (TPSA) is 99.2 Å². The third-order valence-corrected chi connectivity index (χ3v) is 0.654. The molecular formula is C4H10N3NaO2. The van der Waals surface area contributed by atoms with Crippen molar-refractivity contribution in [3.8, 4) is 0 Å². The van der Waals surface area contributed by atoms with Crippen LogP contribution in [-0.2, 0) is 4.79 Å². The number of carbonyl (C=O) groups is 1. The molecule has 5 nitrogen and oxygen atoms in total. The van der Waals surface area contributed by atoms with Gasteiger partial charge in [-0.25, -0.2) is 0 Å². The fraction of sp³-hybridized carbons (Fsp3) is 0.500. The Balaban J connectivity index is 0. The number of nitrogens with one attached hydrogen (secondary N) is 2. The number of hydrogen-bond acceptors (Lipinski definition) is 2. The zero-order valence-electron chi connectivity index (χ0n) is 4.85. The van der Waals surface area contributed by atoms with Crippen molar-refractivity contribution in [2.75, 3.05) is 6.54 Å². The predicted molar refractivity (Wildman–Crippen MR) is 39.3 cm³/mol. The Morgan fingerprint density at radius 3 is 2.50 bits per heavy atom. The molecule has 0 bridgehead atoms. The van der Waals surface area contributed by atoms with E-state index in [2.05, 4.69) is 5.32 Å². The number of guanidine groups is 1. The van der Waals surface area contributed by atoms with E-state index in [1.807, 2.05) is 0 Å². The van der Waals surface area contributed by atoms with E-state index in [1.165, 1.54) is 0 Å². The van der Waals surface area contributed by atoms with Crippen molar-refractivity contribution < 1.29 is 9.90 Å². The minimum atomic E-state index is -0.899. The van der Waals surface area contributed by atoms with Gasteiger partial charge in [0.05, 0.1) is 6.42 Å². The van der Waals surface area contributed by atoms with Crippen LogP contribution < -0.4 is 11.1 Å². The first-order valence-corrected chi connectivity index (χ1v) is 2.42. The molecule has 0 heterocycles. The van der Waals surface area contributed by atoms with Crippen molar-refractivity contribution in [2.45, 2.75) is 6.42 Å². The van der Waals surface area contributed by atoms with Gasteiger partial charge in [0.15, 0.2) is 5.96 Å². The number of carboxylic acid groups (broad SMARTS) is 1. The molecule has 0 aromatic carbocycles. The Morgan fingerprint density at radius 2 is 2.20 bits per heavy atom. The molecule has 0 unspecified atom stereocenters.